The van der Waals surface area contributed by atoms with Crippen LogP contribution in [0.1, 0.15) is 25.6 Å². The molecule has 1 aromatic carbocycles. The van der Waals surface area contributed by atoms with Gasteiger partial charge in [-0.05, 0) is 25.1 Å². The molecule has 7 heteroatoms. The fraction of sp³-hybridized carbons (Fsp3) is 0.0769. The largest absolute Gasteiger partial charge is 0.478 e. The Kier molecular flexibility index (Phi) is 4.06. The molecule has 0 aliphatic rings. The SMILES string of the molecule is Cc1cc(C(=O)O)c(NC(=O)c2cccc(F)c2Cl)s1. The number of carbonyl (C=O) groups is 2. The standard InChI is InChI=1S/C13H9ClFNO3S/c1-6-5-8(13(18)19)12(20-6)16-11(17)7-3-2-4-9(15)10(7)14/h2-5H,1H3,(H,16,17)(H,18,19). The summed E-state index contributed by atoms with van der Waals surface area (Å²) in [6.45, 7) is 1.72. The fourth-order valence-corrected chi connectivity index (χ4v) is 2.73. The number of benzene rings is 1. The zero-order valence-electron chi connectivity index (χ0n) is 10.2. The number of carboxylic acid groups (broad SMARTS) is 1. The maximum atomic E-state index is 13.3. The number of anilines is 1. The number of rotatable bonds is 3. The minimum atomic E-state index is -1.14. The van der Waals surface area contributed by atoms with E-state index >= 15 is 0 Å². The minimum Gasteiger partial charge on any atom is -0.478 e. The van der Waals surface area contributed by atoms with Crippen LogP contribution in [0.15, 0.2) is 24.3 Å². The number of hydrogen-bond acceptors (Lipinski definition) is 3. The number of halogens is 2. The van der Waals surface area contributed by atoms with Crippen molar-refractivity contribution in [2.24, 2.45) is 0 Å². The van der Waals surface area contributed by atoms with Gasteiger partial charge in [-0.1, -0.05) is 17.7 Å². The van der Waals surface area contributed by atoms with E-state index < -0.39 is 17.7 Å². The van der Waals surface area contributed by atoms with Gasteiger partial charge >= 0.3 is 5.97 Å². The molecule has 20 heavy (non-hydrogen) atoms. The number of carboxylic acids is 1. The smallest absolute Gasteiger partial charge is 0.338 e. The van der Waals surface area contributed by atoms with Crippen molar-refractivity contribution in [1.82, 2.24) is 0 Å². The Balaban J connectivity index is 2.33. The molecular formula is C13H9ClFNO3S. The summed E-state index contributed by atoms with van der Waals surface area (Å²) in [7, 11) is 0. The summed E-state index contributed by atoms with van der Waals surface area (Å²) in [6, 6.07) is 5.31. The molecule has 0 aliphatic carbocycles. The van der Waals surface area contributed by atoms with Crippen LogP contribution in [0.3, 0.4) is 0 Å². The third-order valence-corrected chi connectivity index (χ3v) is 3.86. The molecule has 0 radical (unpaired) electrons. The fourth-order valence-electron chi connectivity index (χ4n) is 1.62. The first kappa shape index (κ1) is 14.5. The average molecular weight is 314 g/mol. The van der Waals surface area contributed by atoms with Crippen LogP contribution in [0, 0.1) is 12.7 Å². The highest BCUT2D eigenvalue weighted by molar-refractivity contribution is 7.16. The highest BCUT2D eigenvalue weighted by Crippen LogP contribution is 2.29. The van der Waals surface area contributed by atoms with Gasteiger partial charge in [0.1, 0.15) is 10.8 Å². The second-order valence-electron chi connectivity index (χ2n) is 3.96. The molecule has 4 nitrogen and oxygen atoms in total. The van der Waals surface area contributed by atoms with E-state index in [1.165, 1.54) is 18.2 Å². The van der Waals surface area contributed by atoms with Crippen molar-refractivity contribution >= 4 is 39.8 Å². The lowest BCUT2D eigenvalue weighted by Crippen LogP contribution is -2.14. The summed E-state index contributed by atoms with van der Waals surface area (Å²) in [5, 5.41) is 11.4. The van der Waals surface area contributed by atoms with E-state index in [4.69, 9.17) is 16.7 Å². The van der Waals surface area contributed by atoms with Crippen LogP contribution in [0.4, 0.5) is 9.39 Å². The van der Waals surface area contributed by atoms with E-state index in [-0.39, 0.29) is 21.2 Å². The summed E-state index contributed by atoms with van der Waals surface area (Å²) in [5.74, 6) is -2.51. The number of amides is 1. The van der Waals surface area contributed by atoms with E-state index in [1.807, 2.05) is 0 Å². The van der Waals surface area contributed by atoms with Gasteiger partial charge in [-0.2, -0.15) is 0 Å². The third kappa shape index (κ3) is 2.81. The predicted molar refractivity (Wildman–Crippen MR) is 75.4 cm³/mol. The molecule has 104 valence electrons. The molecule has 1 amide bonds. The molecule has 2 aromatic rings. The normalized spacial score (nSPS) is 10.3. The van der Waals surface area contributed by atoms with Crippen LogP contribution in [-0.2, 0) is 0 Å². The highest BCUT2D eigenvalue weighted by atomic mass is 35.5. The quantitative estimate of drug-likeness (QED) is 0.905. The molecule has 0 saturated carbocycles. The second-order valence-corrected chi connectivity index (χ2v) is 5.59. The molecule has 0 saturated heterocycles. The van der Waals surface area contributed by atoms with Gasteiger partial charge in [0.25, 0.3) is 5.91 Å². The Morgan fingerprint density at radius 2 is 2.05 bits per heavy atom. The van der Waals surface area contributed by atoms with Crippen molar-refractivity contribution in [3.05, 3.63) is 51.1 Å². The van der Waals surface area contributed by atoms with Crippen LogP contribution < -0.4 is 5.32 Å². The van der Waals surface area contributed by atoms with Gasteiger partial charge < -0.3 is 10.4 Å². The van der Waals surface area contributed by atoms with E-state index in [0.29, 0.717) is 0 Å². The number of thiophene rings is 1. The Morgan fingerprint density at radius 1 is 1.35 bits per heavy atom. The van der Waals surface area contributed by atoms with Gasteiger partial charge in [0.05, 0.1) is 16.1 Å². The van der Waals surface area contributed by atoms with Gasteiger partial charge in [0.2, 0.25) is 0 Å². The van der Waals surface area contributed by atoms with Crippen molar-refractivity contribution < 1.29 is 19.1 Å². The lowest BCUT2D eigenvalue weighted by Gasteiger charge is -2.06. The van der Waals surface area contributed by atoms with Gasteiger partial charge in [0.15, 0.2) is 0 Å². The summed E-state index contributed by atoms with van der Waals surface area (Å²) in [6.07, 6.45) is 0. The van der Waals surface area contributed by atoms with E-state index in [2.05, 4.69) is 5.32 Å². The lowest BCUT2D eigenvalue weighted by molar-refractivity contribution is 0.0698. The van der Waals surface area contributed by atoms with Crippen molar-refractivity contribution in [2.45, 2.75) is 6.92 Å². The van der Waals surface area contributed by atoms with Crippen molar-refractivity contribution in [3.63, 3.8) is 0 Å². The topological polar surface area (TPSA) is 66.4 Å². The van der Waals surface area contributed by atoms with E-state index in [9.17, 15) is 14.0 Å². The zero-order valence-corrected chi connectivity index (χ0v) is 11.8. The molecular weight excluding hydrogens is 305 g/mol. The summed E-state index contributed by atoms with van der Waals surface area (Å²) in [4.78, 5) is 23.8. The van der Waals surface area contributed by atoms with Crippen molar-refractivity contribution in [2.75, 3.05) is 5.32 Å². The zero-order chi connectivity index (χ0) is 14.9. The minimum absolute atomic E-state index is 0.00613. The monoisotopic (exact) mass is 313 g/mol. The maximum absolute atomic E-state index is 13.3. The summed E-state index contributed by atoms with van der Waals surface area (Å²) in [5.41, 5.74) is -0.0533. The number of aromatic carboxylic acids is 1. The van der Waals surface area contributed by atoms with Crippen LogP contribution in [-0.4, -0.2) is 17.0 Å². The molecule has 0 fully saturated rings. The number of carbonyl (C=O) groups excluding carboxylic acids is 1. The Morgan fingerprint density at radius 3 is 2.70 bits per heavy atom. The molecule has 0 bridgehead atoms. The maximum Gasteiger partial charge on any atom is 0.338 e. The third-order valence-electron chi connectivity index (χ3n) is 2.51. The van der Waals surface area contributed by atoms with Gasteiger partial charge in [0, 0.05) is 4.88 Å². The molecule has 0 atom stereocenters. The second kappa shape index (κ2) is 5.60. The summed E-state index contributed by atoms with van der Waals surface area (Å²) >= 11 is 6.84. The Labute approximate surface area is 122 Å². The van der Waals surface area contributed by atoms with Gasteiger partial charge in [-0.3, -0.25) is 4.79 Å². The van der Waals surface area contributed by atoms with Crippen molar-refractivity contribution in [1.29, 1.82) is 0 Å². The number of hydrogen-bond donors (Lipinski definition) is 2. The molecule has 2 N–H and O–H groups in total. The first-order valence-corrected chi connectivity index (χ1v) is 6.68. The van der Waals surface area contributed by atoms with Crippen LogP contribution >= 0.6 is 22.9 Å². The highest BCUT2D eigenvalue weighted by Gasteiger charge is 2.19. The lowest BCUT2D eigenvalue weighted by atomic mass is 10.2. The first-order valence-electron chi connectivity index (χ1n) is 5.49. The molecule has 0 spiro atoms. The summed E-state index contributed by atoms with van der Waals surface area (Å²) < 4.78 is 13.3. The van der Waals surface area contributed by atoms with Crippen LogP contribution in [0.25, 0.3) is 0 Å². The Hall–Kier alpha value is -1.92. The first-order chi connectivity index (χ1) is 9.40. The van der Waals surface area contributed by atoms with Gasteiger partial charge in [-0.25, -0.2) is 9.18 Å². The van der Waals surface area contributed by atoms with E-state index in [1.54, 1.807) is 6.92 Å². The number of nitrogens with one attached hydrogen (secondary N) is 1. The number of aryl methyl sites for hydroxylation is 1. The average Bonchev–Trinajstić information content (AvgIpc) is 2.73. The van der Waals surface area contributed by atoms with E-state index in [0.717, 1.165) is 22.3 Å². The van der Waals surface area contributed by atoms with Gasteiger partial charge in [-0.15, -0.1) is 11.3 Å². The molecule has 1 heterocycles. The molecule has 0 aliphatic heterocycles. The molecule has 1 aromatic heterocycles. The predicted octanol–water partition coefficient (Wildman–Crippen LogP) is 3.80. The van der Waals surface area contributed by atoms with Crippen LogP contribution in [0.2, 0.25) is 5.02 Å². The Bertz CT molecular complexity index is 699. The molecule has 0 unspecified atom stereocenters. The molecule has 2 rings (SSSR count). The van der Waals surface area contributed by atoms with Crippen molar-refractivity contribution in [3.8, 4) is 0 Å². The van der Waals surface area contributed by atoms with Crippen LogP contribution in [0.5, 0.6) is 0 Å².